The van der Waals surface area contributed by atoms with E-state index < -0.39 is 0 Å². The van der Waals surface area contributed by atoms with Crippen molar-refractivity contribution in [2.24, 2.45) is 0 Å². The summed E-state index contributed by atoms with van der Waals surface area (Å²) < 4.78 is 3.58. The number of hydrogen-bond acceptors (Lipinski definition) is 3. The van der Waals surface area contributed by atoms with E-state index in [1.807, 2.05) is 54.9 Å². The van der Waals surface area contributed by atoms with Crippen LogP contribution in [-0.4, -0.2) is 25.5 Å². The lowest BCUT2D eigenvalue weighted by Crippen LogP contribution is -2.20. The van der Waals surface area contributed by atoms with Crippen LogP contribution in [0, 0.1) is 6.92 Å². The third-order valence-corrected chi connectivity index (χ3v) is 4.57. The van der Waals surface area contributed by atoms with Crippen molar-refractivity contribution in [2.75, 3.05) is 5.32 Å². The second-order valence-electron chi connectivity index (χ2n) is 6.32. The molecule has 0 spiro atoms. The first-order valence-corrected chi connectivity index (χ1v) is 8.69. The van der Waals surface area contributed by atoms with Gasteiger partial charge in [0.1, 0.15) is 11.5 Å². The molecule has 4 rings (SSSR count). The molecule has 0 aliphatic heterocycles. The van der Waals surface area contributed by atoms with Crippen molar-refractivity contribution in [1.29, 1.82) is 0 Å². The first-order chi connectivity index (χ1) is 12.2. The van der Waals surface area contributed by atoms with Gasteiger partial charge in [-0.05, 0) is 51.3 Å². The normalized spacial score (nSPS) is 13.0. The van der Waals surface area contributed by atoms with Gasteiger partial charge >= 0.3 is 0 Å². The molecule has 1 N–H and O–H groups in total. The summed E-state index contributed by atoms with van der Waals surface area (Å²) in [7, 11) is 0. The number of amides is 1. The van der Waals surface area contributed by atoms with Crippen molar-refractivity contribution < 1.29 is 4.79 Å². The summed E-state index contributed by atoms with van der Waals surface area (Å²) in [6.45, 7) is 4.54. The number of nitrogens with one attached hydrogen (secondary N) is 1. The van der Waals surface area contributed by atoms with Gasteiger partial charge in [-0.3, -0.25) is 9.48 Å². The minimum atomic E-state index is -0.144. The van der Waals surface area contributed by atoms with Crippen LogP contribution in [0.1, 0.15) is 40.8 Å². The third-order valence-electron chi connectivity index (χ3n) is 4.57. The Balaban J connectivity index is 1.74. The summed E-state index contributed by atoms with van der Waals surface area (Å²) in [5.41, 5.74) is 4.60. The van der Waals surface area contributed by atoms with Gasteiger partial charge in [-0.15, -0.1) is 0 Å². The van der Waals surface area contributed by atoms with E-state index in [2.05, 4.69) is 10.4 Å². The predicted octanol–water partition coefficient (Wildman–Crippen LogP) is 3.14. The number of anilines is 1. The molecule has 2 aromatic heterocycles. The largest absolute Gasteiger partial charge is 0.305 e. The lowest BCUT2D eigenvalue weighted by atomic mass is 10.2. The van der Waals surface area contributed by atoms with Crippen LogP contribution < -0.4 is 5.32 Å². The number of carbonyl (C=O) groups is 1. The van der Waals surface area contributed by atoms with Gasteiger partial charge in [0, 0.05) is 12.1 Å². The third kappa shape index (κ3) is 2.73. The van der Waals surface area contributed by atoms with Gasteiger partial charge in [-0.2, -0.15) is 10.2 Å². The SMILES string of the molecule is CCn1nc(C)cc1C(=O)Nc1c2c(nn1-c1ccccc1)CCC2. The Morgan fingerprint density at radius 1 is 1.20 bits per heavy atom. The molecule has 0 radical (unpaired) electrons. The molecule has 1 amide bonds. The van der Waals surface area contributed by atoms with Crippen molar-refractivity contribution >= 4 is 11.7 Å². The molecule has 0 unspecified atom stereocenters. The summed E-state index contributed by atoms with van der Waals surface area (Å²) >= 11 is 0. The van der Waals surface area contributed by atoms with E-state index in [0.717, 1.165) is 47.7 Å². The van der Waals surface area contributed by atoms with E-state index in [1.165, 1.54) is 0 Å². The van der Waals surface area contributed by atoms with Crippen molar-refractivity contribution in [3.05, 3.63) is 59.0 Å². The second-order valence-corrected chi connectivity index (χ2v) is 6.32. The smallest absolute Gasteiger partial charge is 0.275 e. The fourth-order valence-electron chi connectivity index (χ4n) is 3.42. The Labute approximate surface area is 146 Å². The van der Waals surface area contributed by atoms with E-state index >= 15 is 0 Å². The molecule has 6 heteroatoms. The predicted molar refractivity (Wildman–Crippen MR) is 96.2 cm³/mol. The van der Waals surface area contributed by atoms with Crippen LogP contribution >= 0.6 is 0 Å². The zero-order chi connectivity index (χ0) is 17.4. The van der Waals surface area contributed by atoms with Crippen LogP contribution in [0.15, 0.2) is 36.4 Å². The van der Waals surface area contributed by atoms with Crippen molar-refractivity contribution in [1.82, 2.24) is 19.6 Å². The summed E-state index contributed by atoms with van der Waals surface area (Å²) in [5, 5.41) is 12.2. The fraction of sp³-hybridized carbons (Fsp3) is 0.316. The van der Waals surface area contributed by atoms with Gasteiger partial charge in [0.05, 0.1) is 17.1 Å². The zero-order valence-corrected chi connectivity index (χ0v) is 14.5. The molecule has 1 aliphatic rings. The van der Waals surface area contributed by atoms with Crippen LogP contribution in [0.5, 0.6) is 0 Å². The number of aryl methyl sites for hydroxylation is 3. The van der Waals surface area contributed by atoms with E-state index in [9.17, 15) is 4.79 Å². The molecule has 0 bridgehead atoms. The zero-order valence-electron chi connectivity index (χ0n) is 14.5. The molecule has 6 nitrogen and oxygen atoms in total. The second kappa shape index (κ2) is 6.20. The summed E-state index contributed by atoms with van der Waals surface area (Å²) in [4.78, 5) is 12.9. The highest BCUT2D eigenvalue weighted by molar-refractivity contribution is 6.03. The van der Waals surface area contributed by atoms with Crippen molar-refractivity contribution in [3.8, 4) is 5.69 Å². The number of para-hydroxylation sites is 1. The Bertz CT molecular complexity index is 923. The molecular formula is C19H21N5O. The van der Waals surface area contributed by atoms with E-state index in [0.29, 0.717) is 12.2 Å². The Morgan fingerprint density at radius 3 is 2.76 bits per heavy atom. The molecule has 1 aliphatic carbocycles. The van der Waals surface area contributed by atoms with Crippen LogP contribution in [0.3, 0.4) is 0 Å². The molecule has 1 aromatic carbocycles. The highest BCUT2D eigenvalue weighted by atomic mass is 16.2. The Kier molecular flexibility index (Phi) is 3.87. The number of benzene rings is 1. The topological polar surface area (TPSA) is 64.7 Å². The maximum absolute atomic E-state index is 12.9. The monoisotopic (exact) mass is 335 g/mol. The molecule has 2 heterocycles. The number of aromatic nitrogens is 4. The van der Waals surface area contributed by atoms with Gasteiger partial charge in [0.15, 0.2) is 0 Å². The fourth-order valence-corrected chi connectivity index (χ4v) is 3.42. The van der Waals surface area contributed by atoms with Gasteiger partial charge in [0.25, 0.3) is 5.91 Å². The number of hydrogen-bond donors (Lipinski definition) is 1. The maximum atomic E-state index is 12.9. The first kappa shape index (κ1) is 15.6. The highest BCUT2D eigenvalue weighted by Gasteiger charge is 2.25. The minimum Gasteiger partial charge on any atom is -0.305 e. The van der Waals surface area contributed by atoms with Gasteiger partial charge < -0.3 is 5.32 Å². The van der Waals surface area contributed by atoms with E-state index in [4.69, 9.17) is 5.10 Å². The lowest BCUT2D eigenvalue weighted by molar-refractivity contribution is 0.101. The van der Waals surface area contributed by atoms with Crippen LogP contribution in [0.2, 0.25) is 0 Å². The molecule has 25 heavy (non-hydrogen) atoms. The standard InChI is InChI=1S/C19H21N5O/c1-3-23-17(12-13(2)21-23)19(25)20-18-15-10-7-11-16(15)22-24(18)14-8-5-4-6-9-14/h4-6,8-9,12H,3,7,10-11H2,1-2H3,(H,20,25). The Hall–Kier alpha value is -2.89. The summed E-state index contributed by atoms with van der Waals surface area (Å²) in [5.74, 6) is 0.638. The minimum absolute atomic E-state index is 0.144. The van der Waals surface area contributed by atoms with E-state index in [1.54, 1.807) is 4.68 Å². The number of fused-ring (bicyclic) bond motifs is 1. The summed E-state index contributed by atoms with van der Waals surface area (Å²) in [6.07, 6.45) is 3.00. The molecular weight excluding hydrogens is 314 g/mol. The molecule has 128 valence electrons. The maximum Gasteiger partial charge on any atom is 0.275 e. The van der Waals surface area contributed by atoms with Crippen molar-refractivity contribution in [2.45, 2.75) is 39.7 Å². The van der Waals surface area contributed by atoms with Crippen LogP contribution in [-0.2, 0) is 19.4 Å². The number of carbonyl (C=O) groups excluding carboxylic acids is 1. The van der Waals surface area contributed by atoms with Gasteiger partial charge in [-0.25, -0.2) is 4.68 Å². The number of nitrogens with zero attached hydrogens (tertiary/aromatic N) is 4. The lowest BCUT2D eigenvalue weighted by Gasteiger charge is -2.11. The Morgan fingerprint density at radius 2 is 2.00 bits per heavy atom. The van der Waals surface area contributed by atoms with Gasteiger partial charge in [-0.1, -0.05) is 18.2 Å². The molecule has 0 saturated heterocycles. The average Bonchev–Trinajstić information content (AvgIpc) is 3.31. The van der Waals surface area contributed by atoms with Crippen LogP contribution in [0.4, 0.5) is 5.82 Å². The number of rotatable bonds is 4. The van der Waals surface area contributed by atoms with Crippen LogP contribution in [0.25, 0.3) is 5.69 Å². The van der Waals surface area contributed by atoms with E-state index in [-0.39, 0.29) is 5.91 Å². The highest BCUT2D eigenvalue weighted by Crippen LogP contribution is 2.31. The summed E-state index contributed by atoms with van der Waals surface area (Å²) in [6, 6.07) is 11.7. The molecule has 0 saturated carbocycles. The van der Waals surface area contributed by atoms with Gasteiger partial charge in [0.2, 0.25) is 0 Å². The molecule has 3 aromatic rings. The first-order valence-electron chi connectivity index (χ1n) is 8.69. The molecule has 0 fully saturated rings. The quantitative estimate of drug-likeness (QED) is 0.796. The molecule has 0 atom stereocenters. The van der Waals surface area contributed by atoms with Crippen molar-refractivity contribution in [3.63, 3.8) is 0 Å². The average molecular weight is 335 g/mol.